The molecule has 0 saturated carbocycles. The molecule has 7 heteroatoms. The van der Waals surface area contributed by atoms with Crippen LogP contribution in [-0.2, 0) is 4.74 Å². The van der Waals surface area contributed by atoms with Gasteiger partial charge in [-0.15, -0.1) is 0 Å². The van der Waals surface area contributed by atoms with Gasteiger partial charge in [0.05, 0.1) is 18.5 Å². The molecule has 1 aromatic heterocycles. The molecule has 2 aliphatic heterocycles. The van der Waals surface area contributed by atoms with E-state index in [0.29, 0.717) is 48.3 Å². The molecule has 0 unspecified atom stereocenters. The number of esters is 1. The van der Waals surface area contributed by atoms with E-state index < -0.39 is 0 Å². The third-order valence-electron chi connectivity index (χ3n) is 5.40. The molecule has 1 fully saturated rings. The Morgan fingerprint density at radius 2 is 2.07 bits per heavy atom. The van der Waals surface area contributed by atoms with Crippen LogP contribution in [0.4, 0.5) is 0 Å². The van der Waals surface area contributed by atoms with Crippen LogP contribution < -0.4 is 9.47 Å². The molecule has 1 saturated heterocycles. The molecule has 7 nitrogen and oxygen atoms in total. The molecule has 0 bridgehead atoms. The largest absolute Gasteiger partial charge is 0.485 e. The Kier molecular flexibility index (Phi) is 5.48. The summed E-state index contributed by atoms with van der Waals surface area (Å²) in [7, 11) is 0. The number of rotatable bonds is 6. The molecule has 146 valence electrons. The van der Waals surface area contributed by atoms with Crippen LogP contribution in [0.5, 0.6) is 11.5 Å². The van der Waals surface area contributed by atoms with Crippen LogP contribution >= 0.6 is 0 Å². The SMILES string of the molecule is CCCCN1CCC(COC(=O)c2cc3[nH]cnc3c3c2OCCO3)CC1. The monoisotopic (exact) mass is 373 g/mol. The van der Waals surface area contributed by atoms with Gasteiger partial charge in [-0.05, 0) is 50.9 Å². The molecule has 3 heterocycles. The number of ether oxygens (including phenoxy) is 3. The first kappa shape index (κ1) is 18.1. The van der Waals surface area contributed by atoms with Gasteiger partial charge in [0.2, 0.25) is 0 Å². The van der Waals surface area contributed by atoms with Crippen LogP contribution in [-0.4, -0.2) is 60.3 Å². The Hall–Kier alpha value is -2.28. The molecule has 27 heavy (non-hydrogen) atoms. The summed E-state index contributed by atoms with van der Waals surface area (Å²) in [5.74, 6) is 1.04. The fraction of sp³-hybridized carbons (Fsp3) is 0.600. The Labute approximate surface area is 159 Å². The lowest BCUT2D eigenvalue weighted by Crippen LogP contribution is -2.36. The van der Waals surface area contributed by atoms with Gasteiger partial charge in [-0.3, -0.25) is 0 Å². The van der Waals surface area contributed by atoms with Crippen molar-refractivity contribution in [1.29, 1.82) is 0 Å². The summed E-state index contributed by atoms with van der Waals surface area (Å²) in [6.07, 6.45) is 6.23. The van der Waals surface area contributed by atoms with Crippen LogP contribution in [0.1, 0.15) is 43.0 Å². The minimum atomic E-state index is -0.360. The van der Waals surface area contributed by atoms with E-state index in [9.17, 15) is 4.79 Å². The number of carbonyl (C=O) groups excluding carboxylic acids is 1. The minimum Gasteiger partial charge on any atom is -0.485 e. The lowest BCUT2D eigenvalue weighted by atomic mass is 9.97. The quantitative estimate of drug-likeness (QED) is 0.785. The van der Waals surface area contributed by atoms with Crippen molar-refractivity contribution in [1.82, 2.24) is 14.9 Å². The molecule has 0 radical (unpaired) electrons. The number of aromatic amines is 1. The summed E-state index contributed by atoms with van der Waals surface area (Å²) in [4.78, 5) is 22.5. The van der Waals surface area contributed by atoms with Crippen molar-refractivity contribution in [3.05, 3.63) is 18.0 Å². The number of benzene rings is 1. The zero-order chi connectivity index (χ0) is 18.6. The van der Waals surface area contributed by atoms with E-state index in [0.717, 1.165) is 31.4 Å². The van der Waals surface area contributed by atoms with E-state index in [1.807, 2.05) is 0 Å². The van der Waals surface area contributed by atoms with Crippen LogP contribution in [0.2, 0.25) is 0 Å². The summed E-state index contributed by atoms with van der Waals surface area (Å²) in [5.41, 5.74) is 1.83. The number of aromatic nitrogens is 2. The zero-order valence-corrected chi connectivity index (χ0v) is 15.8. The first-order valence-corrected chi connectivity index (χ1v) is 9.91. The zero-order valence-electron chi connectivity index (χ0n) is 15.8. The van der Waals surface area contributed by atoms with Gasteiger partial charge < -0.3 is 24.1 Å². The number of nitrogens with zero attached hydrogens (tertiary/aromatic N) is 2. The van der Waals surface area contributed by atoms with Gasteiger partial charge in [0.1, 0.15) is 24.3 Å². The number of imidazole rings is 1. The topological polar surface area (TPSA) is 76.7 Å². The normalized spacial score (nSPS) is 18.0. The molecule has 2 aliphatic rings. The summed E-state index contributed by atoms with van der Waals surface area (Å²) >= 11 is 0. The Morgan fingerprint density at radius 1 is 1.30 bits per heavy atom. The maximum absolute atomic E-state index is 12.7. The number of likely N-dealkylation sites (tertiary alicyclic amines) is 1. The van der Waals surface area contributed by atoms with E-state index in [1.165, 1.54) is 19.4 Å². The second kappa shape index (κ2) is 8.17. The van der Waals surface area contributed by atoms with Crippen LogP contribution in [0.3, 0.4) is 0 Å². The lowest BCUT2D eigenvalue weighted by Gasteiger charge is -2.31. The van der Waals surface area contributed by atoms with Gasteiger partial charge in [-0.2, -0.15) is 0 Å². The first-order valence-electron chi connectivity index (χ1n) is 9.91. The molecule has 1 N–H and O–H groups in total. The van der Waals surface area contributed by atoms with Gasteiger partial charge >= 0.3 is 5.97 Å². The van der Waals surface area contributed by atoms with Gasteiger partial charge in [-0.25, -0.2) is 9.78 Å². The van der Waals surface area contributed by atoms with Crippen molar-refractivity contribution in [2.75, 3.05) is 39.5 Å². The van der Waals surface area contributed by atoms with Gasteiger partial charge in [0.15, 0.2) is 11.5 Å². The van der Waals surface area contributed by atoms with E-state index in [-0.39, 0.29) is 5.97 Å². The maximum Gasteiger partial charge on any atom is 0.342 e. The second-order valence-corrected chi connectivity index (χ2v) is 7.32. The predicted molar refractivity (Wildman–Crippen MR) is 101 cm³/mol. The average molecular weight is 373 g/mol. The molecular formula is C20H27N3O4. The second-order valence-electron chi connectivity index (χ2n) is 7.32. The van der Waals surface area contributed by atoms with E-state index >= 15 is 0 Å². The smallest absolute Gasteiger partial charge is 0.342 e. The molecule has 0 amide bonds. The van der Waals surface area contributed by atoms with Gasteiger partial charge in [0, 0.05) is 0 Å². The number of fused-ring (bicyclic) bond motifs is 3. The van der Waals surface area contributed by atoms with Crippen LogP contribution in [0.15, 0.2) is 12.4 Å². The Bertz CT molecular complexity index is 796. The lowest BCUT2D eigenvalue weighted by molar-refractivity contribution is 0.0364. The fourth-order valence-corrected chi connectivity index (χ4v) is 3.78. The van der Waals surface area contributed by atoms with Crippen molar-refractivity contribution < 1.29 is 19.0 Å². The number of nitrogens with one attached hydrogen (secondary N) is 1. The Morgan fingerprint density at radius 3 is 2.85 bits per heavy atom. The number of hydrogen-bond donors (Lipinski definition) is 1. The number of unbranched alkanes of at least 4 members (excludes halogenated alkanes) is 1. The highest BCUT2D eigenvalue weighted by Gasteiger charge is 2.27. The molecule has 4 rings (SSSR count). The number of hydrogen-bond acceptors (Lipinski definition) is 6. The van der Waals surface area contributed by atoms with Crippen LogP contribution in [0, 0.1) is 5.92 Å². The summed E-state index contributed by atoms with van der Waals surface area (Å²) < 4.78 is 17.1. The summed E-state index contributed by atoms with van der Waals surface area (Å²) in [6.45, 7) is 6.90. The summed E-state index contributed by atoms with van der Waals surface area (Å²) in [5, 5.41) is 0. The minimum absolute atomic E-state index is 0.360. The van der Waals surface area contributed by atoms with Gasteiger partial charge in [-0.1, -0.05) is 13.3 Å². The molecule has 0 aliphatic carbocycles. The van der Waals surface area contributed by atoms with Crippen molar-refractivity contribution >= 4 is 17.0 Å². The molecular weight excluding hydrogens is 346 g/mol. The number of H-pyrrole nitrogens is 1. The van der Waals surface area contributed by atoms with Crippen molar-refractivity contribution in [3.63, 3.8) is 0 Å². The molecule has 0 atom stereocenters. The molecule has 1 aromatic carbocycles. The standard InChI is InChI=1S/C20H27N3O4/c1-2-3-6-23-7-4-14(5-8-23)12-27-20(24)15-11-16-17(22-13-21-16)19-18(15)25-9-10-26-19/h11,13-14H,2-10,12H2,1H3,(H,21,22). The highest BCUT2D eigenvalue weighted by atomic mass is 16.6. The third kappa shape index (κ3) is 3.88. The van der Waals surface area contributed by atoms with E-state index in [4.69, 9.17) is 14.2 Å². The number of carbonyl (C=O) groups is 1. The van der Waals surface area contributed by atoms with Crippen LogP contribution in [0.25, 0.3) is 11.0 Å². The Balaban J connectivity index is 1.39. The van der Waals surface area contributed by atoms with Crippen molar-refractivity contribution in [2.45, 2.75) is 32.6 Å². The molecule has 2 aromatic rings. The fourth-order valence-electron chi connectivity index (χ4n) is 3.78. The average Bonchev–Trinajstić information content (AvgIpc) is 3.19. The third-order valence-corrected chi connectivity index (χ3v) is 5.40. The molecule has 0 spiro atoms. The first-order chi connectivity index (χ1) is 13.3. The highest BCUT2D eigenvalue weighted by Crippen LogP contribution is 2.40. The van der Waals surface area contributed by atoms with Crippen molar-refractivity contribution in [2.24, 2.45) is 5.92 Å². The summed E-state index contributed by atoms with van der Waals surface area (Å²) in [6, 6.07) is 1.74. The van der Waals surface area contributed by atoms with E-state index in [1.54, 1.807) is 12.4 Å². The number of piperidine rings is 1. The van der Waals surface area contributed by atoms with Gasteiger partial charge in [0.25, 0.3) is 0 Å². The maximum atomic E-state index is 12.7. The van der Waals surface area contributed by atoms with E-state index in [2.05, 4.69) is 21.8 Å². The van der Waals surface area contributed by atoms with Crippen molar-refractivity contribution in [3.8, 4) is 11.5 Å². The highest BCUT2D eigenvalue weighted by molar-refractivity contribution is 6.00. The predicted octanol–water partition coefficient (Wildman–Crippen LogP) is 3.00.